The second-order valence-electron chi connectivity index (χ2n) is 7.06. The fourth-order valence-corrected chi connectivity index (χ4v) is 4.24. The molecule has 154 valence electrons. The molecule has 0 saturated carbocycles. The van der Waals surface area contributed by atoms with Gasteiger partial charge in [-0.15, -0.1) is 13.2 Å². The Kier molecular flexibility index (Phi) is 6.90. The lowest BCUT2D eigenvalue weighted by Crippen LogP contribution is -2.33. The number of carbonyl (C=O) groups is 1. The Morgan fingerprint density at radius 2 is 1.73 bits per heavy atom. The summed E-state index contributed by atoms with van der Waals surface area (Å²) < 4.78 is 1.60. The summed E-state index contributed by atoms with van der Waals surface area (Å²) in [5, 5.41) is 1.04. The average Bonchev–Trinajstić information content (AvgIpc) is 2.71. The number of fused-ring (bicyclic) bond motifs is 1. The standard InChI is InChI=1S/C24H25N3O2S/c1-5-11-26(12-6-2)22(28)16-30-24-25-21-10-8-7-9-20(21)23(29)27(24)19-14-17(3)13-18(4)15-19/h5-10,13-15H,1-2,11-12,16H2,3-4H3. The summed E-state index contributed by atoms with van der Waals surface area (Å²) >= 11 is 1.26. The number of para-hydroxylation sites is 1. The van der Waals surface area contributed by atoms with Crippen molar-refractivity contribution < 1.29 is 4.79 Å². The number of benzene rings is 2. The molecule has 1 aromatic heterocycles. The van der Waals surface area contributed by atoms with Crippen molar-refractivity contribution in [2.75, 3.05) is 18.8 Å². The van der Waals surface area contributed by atoms with Crippen LogP contribution in [0.15, 0.2) is 77.7 Å². The molecule has 6 heteroatoms. The normalized spacial score (nSPS) is 10.7. The number of aryl methyl sites for hydroxylation is 2. The molecule has 0 fully saturated rings. The molecule has 5 nitrogen and oxygen atoms in total. The lowest BCUT2D eigenvalue weighted by atomic mass is 10.1. The molecule has 3 aromatic rings. The zero-order chi connectivity index (χ0) is 21.7. The van der Waals surface area contributed by atoms with Crippen LogP contribution in [-0.2, 0) is 4.79 Å². The summed E-state index contributed by atoms with van der Waals surface area (Å²) in [6.07, 6.45) is 3.37. The lowest BCUT2D eigenvalue weighted by molar-refractivity contribution is -0.127. The molecule has 0 unspecified atom stereocenters. The molecule has 0 atom stereocenters. The van der Waals surface area contributed by atoms with Crippen LogP contribution in [0.2, 0.25) is 0 Å². The minimum atomic E-state index is -0.144. The first-order chi connectivity index (χ1) is 14.4. The monoisotopic (exact) mass is 419 g/mol. The molecular weight excluding hydrogens is 394 g/mol. The van der Waals surface area contributed by atoms with Gasteiger partial charge in [-0.05, 0) is 49.2 Å². The van der Waals surface area contributed by atoms with Crippen LogP contribution in [0.25, 0.3) is 16.6 Å². The Morgan fingerprint density at radius 3 is 2.37 bits per heavy atom. The number of rotatable bonds is 8. The Balaban J connectivity index is 2.06. The molecule has 30 heavy (non-hydrogen) atoms. The summed E-state index contributed by atoms with van der Waals surface area (Å²) in [5.74, 6) is 0.103. The molecule has 0 radical (unpaired) electrons. The fraction of sp³-hybridized carbons (Fsp3) is 0.208. The van der Waals surface area contributed by atoms with Gasteiger partial charge in [0.1, 0.15) is 0 Å². The van der Waals surface area contributed by atoms with Gasteiger partial charge in [0.2, 0.25) is 5.91 Å². The van der Waals surface area contributed by atoms with Crippen molar-refractivity contribution in [1.29, 1.82) is 0 Å². The highest BCUT2D eigenvalue weighted by atomic mass is 32.2. The highest BCUT2D eigenvalue weighted by molar-refractivity contribution is 7.99. The zero-order valence-electron chi connectivity index (χ0n) is 17.3. The molecule has 0 aliphatic rings. The number of nitrogens with zero attached hydrogens (tertiary/aromatic N) is 3. The molecule has 0 N–H and O–H groups in total. The lowest BCUT2D eigenvalue weighted by Gasteiger charge is -2.19. The number of carbonyl (C=O) groups excluding carboxylic acids is 1. The maximum atomic E-state index is 13.3. The van der Waals surface area contributed by atoms with Crippen LogP contribution in [-0.4, -0.2) is 39.2 Å². The van der Waals surface area contributed by atoms with Gasteiger partial charge in [-0.2, -0.15) is 0 Å². The molecule has 0 aliphatic carbocycles. The SMILES string of the molecule is C=CCN(CC=C)C(=O)CSc1nc2ccccc2c(=O)n1-c1cc(C)cc(C)c1. The number of hydrogen-bond donors (Lipinski definition) is 0. The molecule has 1 heterocycles. The van der Waals surface area contributed by atoms with Crippen molar-refractivity contribution in [1.82, 2.24) is 14.5 Å². The number of aromatic nitrogens is 2. The van der Waals surface area contributed by atoms with Crippen molar-refractivity contribution in [3.8, 4) is 5.69 Å². The first-order valence-electron chi connectivity index (χ1n) is 9.67. The van der Waals surface area contributed by atoms with Crippen LogP contribution in [0.3, 0.4) is 0 Å². The summed E-state index contributed by atoms with van der Waals surface area (Å²) in [6, 6.07) is 13.2. The number of hydrogen-bond acceptors (Lipinski definition) is 4. The molecule has 3 rings (SSSR count). The second-order valence-corrected chi connectivity index (χ2v) is 8.01. The molecule has 1 amide bonds. The van der Waals surface area contributed by atoms with Gasteiger partial charge in [-0.3, -0.25) is 14.2 Å². The fourth-order valence-electron chi connectivity index (χ4n) is 3.32. The second kappa shape index (κ2) is 9.59. The van der Waals surface area contributed by atoms with E-state index in [1.807, 2.05) is 44.2 Å². The molecule has 0 spiro atoms. The highest BCUT2D eigenvalue weighted by Crippen LogP contribution is 2.23. The van der Waals surface area contributed by atoms with E-state index >= 15 is 0 Å². The summed E-state index contributed by atoms with van der Waals surface area (Å²) in [7, 11) is 0. The van der Waals surface area contributed by atoms with Gasteiger partial charge in [0, 0.05) is 13.1 Å². The van der Waals surface area contributed by atoms with Gasteiger partial charge in [-0.25, -0.2) is 4.98 Å². The van der Waals surface area contributed by atoms with Crippen molar-refractivity contribution in [3.05, 3.63) is 89.3 Å². The van der Waals surface area contributed by atoms with E-state index < -0.39 is 0 Å². The van der Waals surface area contributed by atoms with Gasteiger partial charge < -0.3 is 4.90 Å². The first kappa shape index (κ1) is 21.6. The van der Waals surface area contributed by atoms with Crippen molar-refractivity contribution in [3.63, 3.8) is 0 Å². The van der Waals surface area contributed by atoms with Gasteiger partial charge >= 0.3 is 0 Å². The van der Waals surface area contributed by atoms with E-state index in [4.69, 9.17) is 4.98 Å². The van der Waals surface area contributed by atoms with E-state index in [0.29, 0.717) is 29.1 Å². The number of thioether (sulfide) groups is 1. The third-order valence-corrected chi connectivity index (χ3v) is 5.51. The van der Waals surface area contributed by atoms with Gasteiger partial charge in [0.25, 0.3) is 5.56 Å². The van der Waals surface area contributed by atoms with Gasteiger partial charge in [0.05, 0.1) is 22.3 Å². The zero-order valence-corrected chi connectivity index (χ0v) is 18.1. The van der Waals surface area contributed by atoms with Crippen LogP contribution in [0.4, 0.5) is 0 Å². The molecule has 0 saturated heterocycles. The highest BCUT2D eigenvalue weighted by Gasteiger charge is 2.17. The molecule has 0 aliphatic heterocycles. The minimum Gasteiger partial charge on any atom is -0.335 e. The number of amides is 1. The predicted octanol–water partition coefficient (Wildman–Crippen LogP) is 4.30. The van der Waals surface area contributed by atoms with Gasteiger partial charge in [-0.1, -0.05) is 42.1 Å². The molecular formula is C24H25N3O2S. The van der Waals surface area contributed by atoms with Crippen LogP contribution in [0.1, 0.15) is 11.1 Å². The Bertz CT molecular complexity index is 1140. The van der Waals surface area contributed by atoms with Crippen molar-refractivity contribution in [2.45, 2.75) is 19.0 Å². The largest absolute Gasteiger partial charge is 0.335 e. The first-order valence-corrected chi connectivity index (χ1v) is 10.7. The summed E-state index contributed by atoms with van der Waals surface area (Å²) in [5.41, 5.74) is 3.34. The Morgan fingerprint density at radius 1 is 1.10 bits per heavy atom. The van der Waals surface area contributed by atoms with Crippen molar-refractivity contribution >= 4 is 28.6 Å². The third kappa shape index (κ3) is 4.71. The quantitative estimate of drug-likeness (QED) is 0.310. The molecule has 2 aromatic carbocycles. The van der Waals surface area contributed by atoms with Crippen LogP contribution < -0.4 is 5.56 Å². The van der Waals surface area contributed by atoms with Crippen LogP contribution in [0.5, 0.6) is 0 Å². The Labute approximate surface area is 180 Å². The average molecular weight is 420 g/mol. The van der Waals surface area contributed by atoms with Gasteiger partial charge in [0.15, 0.2) is 5.16 Å². The van der Waals surface area contributed by atoms with E-state index in [1.165, 1.54) is 11.8 Å². The summed E-state index contributed by atoms with van der Waals surface area (Å²) in [6.45, 7) is 12.3. The van der Waals surface area contributed by atoms with Crippen molar-refractivity contribution in [2.24, 2.45) is 0 Å². The maximum absolute atomic E-state index is 13.3. The van der Waals surface area contributed by atoms with E-state index in [-0.39, 0.29) is 17.2 Å². The van der Waals surface area contributed by atoms with E-state index in [1.54, 1.807) is 27.7 Å². The van der Waals surface area contributed by atoms with E-state index in [0.717, 1.165) is 16.8 Å². The summed E-state index contributed by atoms with van der Waals surface area (Å²) in [4.78, 5) is 32.4. The molecule has 0 bridgehead atoms. The maximum Gasteiger partial charge on any atom is 0.266 e. The van der Waals surface area contributed by atoms with Crippen LogP contribution >= 0.6 is 11.8 Å². The minimum absolute atomic E-state index is 0.0609. The van der Waals surface area contributed by atoms with E-state index in [9.17, 15) is 9.59 Å². The topological polar surface area (TPSA) is 55.2 Å². The predicted molar refractivity (Wildman–Crippen MR) is 125 cm³/mol. The van der Waals surface area contributed by atoms with Crippen LogP contribution in [0, 0.1) is 13.8 Å². The third-order valence-electron chi connectivity index (χ3n) is 4.59. The Hall–Kier alpha value is -3.12. The smallest absolute Gasteiger partial charge is 0.266 e. The van der Waals surface area contributed by atoms with E-state index in [2.05, 4.69) is 19.2 Å².